The molecule has 0 bridgehead atoms. The van der Waals surface area contributed by atoms with Crippen LogP contribution < -0.4 is 0 Å². The summed E-state index contributed by atoms with van der Waals surface area (Å²) >= 11 is 3.65. The topological polar surface area (TPSA) is 9.23 Å². The molecular weight excluding hydrogens is 324 g/mol. The van der Waals surface area contributed by atoms with Crippen molar-refractivity contribution >= 4 is 15.9 Å². The summed E-state index contributed by atoms with van der Waals surface area (Å²) in [5, 5.41) is 0.867. The first kappa shape index (κ1) is 17.0. The normalized spacial score (nSPS) is 27.8. The van der Waals surface area contributed by atoms with E-state index in [9.17, 15) is 0 Å². The van der Waals surface area contributed by atoms with Gasteiger partial charge in [-0.25, -0.2) is 0 Å². The summed E-state index contributed by atoms with van der Waals surface area (Å²) in [6, 6.07) is 8.72. The van der Waals surface area contributed by atoms with E-state index >= 15 is 0 Å². The third kappa shape index (κ3) is 4.56. The summed E-state index contributed by atoms with van der Waals surface area (Å²) in [6.07, 6.45) is 4.44. The van der Waals surface area contributed by atoms with E-state index in [0.29, 0.717) is 17.9 Å². The molecule has 0 heterocycles. The first-order chi connectivity index (χ1) is 10.0. The Hall–Kier alpha value is -0.340. The van der Waals surface area contributed by atoms with Crippen LogP contribution in [0.4, 0.5) is 0 Å². The summed E-state index contributed by atoms with van der Waals surface area (Å²) in [5.41, 5.74) is 2.60. The van der Waals surface area contributed by atoms with Gasteiger partial charge in [-0.1, -0.05) is 73.0 Å². The highest BCUT2D eigenvalue weighted by molar-refractivity contribution is 9.09. The van der Waals surface area contributed by atoms with Gasteiger partial charge in [0.25, 0.3) is 0 Å². The van der Waals surface area contributed by atoms with Gasteiger partial charge in [0.15, 0.2) is 0 Å². The molecule has 2 rings (SSSR count). The SMILES string of the molecule is Cc1cccc(C(CBr)OC2CC(C)CCC2C(C)C)c1. The number of rotatable bonds is 5. The zero-order chi connectivity index (χ0) is 15.4. The zero-order valence-corrected chi connectivity index (χ0v) is 15.4. The molecule has 4 unspecified atom stereocenters. The molecule has 118 valence electrons. The lowest BCUT2D eigenvalue weighted by atomic mass is 9.75. The first-order valence-electron chi connectivity index (χ1n) is 8.29. The van der Waals surface area contributed by atoms with Gasteiger partial charge >= 0.3 is 0 Å². The van der Waals surface area contributed by atoms with E-state index in [1.807, 2.05) is 0 Å². The molecule has 1 aliphatic carbocycles. The predicted molar refractivity (Wildman–Crippen MR) is 93.9 cm³/mol. The van der Waals surface area contributed by atoms with Gasteiger partial charge in [0.2, 0.25) is 0 Å². The molecule has 0 aromatic heterocycles. The standard InChI is InChI=1S/C19H29BrO/c1-13(2)17-9-8-15(4)11-18(17)21-19(12-20)16-7-5-6-14(3)10-16/h5-7,10,13,15,17-19H,8-9,11-12H2,1-4H3. The number of halogens is 1. The Labute approximate surface area is 138 Å². The van der Waals surface area contributed by atoms with E-state index in [1.165, 1.54) is 30.4 Å². The molecule has 0 saturated heterocycles. The number of hydrogen-bond acceptors (Lipinski definition) is 1. The molecule has 4 atom stereocenters. The number of aryl methyl sites for hydroxylation is 1. The van der Waals surface area contributed by atoms with Gasteiger partial charge in [0.05, 0.1) is 12.2 Å². The molecule has 0 radical (unpaired) electrons. The van der Waals surface area contributed by atoms with E-state index in [2.05, 4.69) is 67.9 Å². The van der Waals surface area contributed by atoms with E-state index < -0.39 is 0 Å². The van der Waals surface area contributed by atoms with Crippen LogP contribution in [0, 0.1) is 24.7 Å². The molecule has 1 aromatic rings. The summed E-state index contributed by atoms with van der Waals surface area (Å²) in [5.74, 6) is 2.20. The van der Waals surface area contributed by atoms with Gasteiger partial charge in [-0.3, -0.25) is 0 Å². The highest BCUT2D eigenvalue weighted by Crippen LogP contribution is 2.38. The quantitative estimate of drug-likeness (QED) is 0.598. The Kier molecular flexibility index (Phi) is 6.31. The fourth-order valence-electron chi connectivity index (χ4n) is 3.56. The van der Waals surface area contributed by atoms with Crippen molar-refractivity contribution in [3.8, 4) is 0 Å². The fraction of sp³-hybridized carbons (Fsp3) is 0.684. The van der Waals surface area contributed by atoms with Crippen LogP contribution in [0.1, 0.15) is 57.3 Å². The van der Waals surface area contributed by atoms with Crippen LogP contribution in [0.25, 0.3) is 0 Å². The van der Waals surface area contributed by atoms with Gasteiger partial charge in [-0.15, -0.1) is 0 Å². The van der Waals surface area contributed by atoms with Crippen LogP contribution in [0.3, 0.4) is 0 Å². The van der Waals surface area contributed by atoms with Crippen molar-refractivity contribution in [2.75, 3.05) is 5.33 Å². The van der Waals surface area contributed by atoms with E-state index in [-0.39, 0.29) is 6.10 Å². The van der Waals surface area contributed by atoms with Crippen molar-refractivity contribution < 1.29 is 4.74 Å². The Morgan fingerprint density at radius 2 is 2.05 bits per heavy atom. The zero-order valence-electron chi connectivity index (χ0n) is 13.8. The lowest BCUT2D eigenvalue weighted by Gasteiger charge is -2.39. The maximum atomic E-state index is 6.58. The summed E-state index contributed by atoms with van der Waals surface area (Å²) in [7, 11) is 0. The maximum absolute atomic E-state index is 6.58. The molecule has 1 saturated carbocycles. The van der Waals surface area contributed by atoms with E-state index in [1.54, 1.807) is 0 Å². The van der Waals surface area contributed by atoms with Gasteiger partial charge < -0.3 is 4.74 Å². The van der Waals surface area contributed by atoms with E-state index in [0.717, 1.165) is 11.2 Å². The minimum atomic E-state index is 0.168. The average molecular weight is 353 g/mol. The molecule has 0 aliphatic heterocycles. The summed E-state index contributed by atoms with van der Waals surface area (Å²) in [6.45, 7) is 9.19. The number of hydrogen-bond donors (Lipinski definition) is 0. The third-order valence-corrected chi connectivity index (χ3v) is 5.44. The fourth-order valence-corrected chi connectivity index (χ4v) is 4.08. The highest BCUT2D eigenvalue weighted by Gasteiger charge is 2.33. The van der Waals surface area contributed by atoms with Crippen molar-refractivity contribution in [2.24, 2.45) is 17.8 Å². The minimum Gasteiger partial charge on any atom is -0.369 e. The van der Waals surface area contributed by atoms with Gasteiger partial charge in [-0.05, 0) is 43.1 Å². The van der Waals surface area contributed by atoms with Gasteiger partial charge in [-0.2, -0.15) is 0 Å². The van der Waals surface area contributed by atoms with Gasteiger partial charge in [0.1, 0.15) is 0 Å². The molecule has 1 nitrogen and oxygen atoms in total. The molecule has 21 heavy (non-hydrogen) atoms. The first-order valence-corrected chi connectivity index (χ1v) is 9.41. The van der Waals surface area contributed by atoms with Crippen LogP contribution >= 0.6 is 15.9 Å². The molecule has 1 aliphatic rings. The molecule has 2 heteroatoms. The summed E-state index contributed by atoms with van der Waals surface area (Å²) < 4.78 is 6.58. The van der Waals surface area contributed by atoms with Crippen LogP contribution in [0.2, 0.25) is 0 Å². The molecule has 1 aromatic carbocycles. The summed E-state index contributed by atoms with van der Waals surface area (Å²) in [4.78, 5) is 0. The molecule has 0 N–H and O–H groups in total. The van der Waals surface area contributed by atoms with E-state index in [4.69, 9.17) is 4.74 Å². The highest BCUT2D eigenvalue weighted by atomic mass is 79.9. The number of benzene rings is 1. The lowest BCUT2D eigenvalue weighted by molar-refractivity contribution is -0.0732. The second-order valence-electron chi connectivity index (χ2n) is 7.06. The van der Waals surface area contributed by atoms with Crippen LogP contribution in [0.5, 0.6) is 0 Å². The Morgan fingerprint density at radius 3 is 2.67 bits per heavy atom. The van der Waals surface area contributed by atoms with Crippen LogP contribution in [-0.2, 0) is 4.74 Å². The molecule has 1 fully saturated rings. The third-order valence-electron chi connectivity index (χ3n) is 4.85. The number of alkyl halides is 1. The minimum absolute atomic E-state index is 0.168. The van der Waals surface area contributed by atoms with Crippen molar-refractivity contribution in [3.63, 3.8) is 0 Å². The monoisotopic (exact) mass is 352 g/mol. The van der Waals surface area contributed by atoms with Crippen LogP contribution in [-0.4, -0.2) is 11.4 Å². The Morgan fingerprint density at radius 1 is 1.29 bits per heavy atom. The molecular formula is C19H29BrO. The second kappa shape index (κ2) is 7.78. The molecule has 0 amide bonds. The Balaban J connectivity index is 2.11. The molecule has 0 spiro atoms. The van der Waals surface area contributed by atoms with Crippen molar-refractivity contribution in [2.45, 2.75) is 59.2 Å². The Bertz CT molecular complexity index is 443. The van der Waals surface area contributed by atoms with Crippen molar-refractivity contribution in [3.05, 3.63) is 35.4 Å². The smallest absolute Gasteiger partial charge is 0.0925 e. The van der Waals surface area contributed by atoms with Gasteiger partial charge in [0, 0.05) is 5.33 Å². The van der Waals surface area contributed by atoms with Crippen LogP contribution in [0.15, 0.2) is 24.3 Å². The average Bonchev–Trinajstić information content (AvgIpc) is 2.44. The lowest BCUT2D eigenvalue weighted by Crippen LogP contribution is -2.35. The van der Waals surface area contributed by atoms with Crippen molar-refractivity contribution in [1.82, 2.24) is 0 Å². The second-order valence-corrected chi connectivity index (χ2v) is 7.71. The number of ether oxygens (including phenoxy) is 1. The maximum Gasteiger partial charge on any atom is 0.0925 e. The van der Waals surface area contributed by atoms with Crippen molar-refractivity contribution in [1.29, 1.82) is 0 Å². The predicted octanol–water partition coefficient (Wildman–Crippen LogP) is 5.91. The largest absolute Gasteiger partial charge is 0.369 e.